The van der Waals surface area contributed by atoms with E-state index in [4.69, 9.17) is 18.9 Å². The highest BCUT2D eigenvalue weighted by atomic mass is 16.7. The number of likely N-dealkylation sites (N-methyl/N-ethyl adjacent to an activating group) is 1. The molecule has 0 aliphatic heterocycles. The number of carbonyl (C=O) groups is 3. The summed E-state index contributed by atoms with van der Waals surface area (Å²) in [5.74, 6) is -2.02. The van der Waals surface area contributed by atoms with Crippen molar-refractivity contribution >= 4 is 17.9 Å². The van der Waals surface area contributed by atoms with Crippen LogP contribution in [-0.4, -0.2) is 87.4 Å². The molecule has 9 heteroatoms. The number of hydrogen-bond acceptors (Lipinski definition) is 7. The van der Waals surface area contributed by atoms with E-state index in [1.807, 2.05) is 21.1 Å². The zero-order valence-corrected chi connectivity index (χ0v) is 67.5. The van der Waals surface area contributed by atoms with E-state index in [0.717, 1.165) is 161 Å². The fraction of sp³-hybridized carbons (Fsp3) is 0.594. The van der Waals surface area contributed by atoms with E-state index in [0.29, 0.717) is 17.4 Å². The fourth-order valence-electron chi connectivity index (χ4n) is 10.9. The van der Waals surface area contributed by atoms with Crippen LogP contribution in [-0.2, 0) is 33.3 Å². The van der Waals surface area contributed by atoms with Crippen LogP contribution in [0.3, 0.4) is 0 Å². The lowest BCUT2D eigenvalue weighted by Crippen LogP contribution is -2.40. The van der Waals surface area contributed by atoms with Crippen LogP contribution in [0.25, 0.3) is 0 Å². The maximum Gasteiger partial charge on any atom is 0.361 e. The number of quaternary nitrogens is 1. The molecule has 0 bridgehead atoms. The predicted octanol–water partition coefficient (Wildman–Crippen LogP) is 27.6. The molecule has 0 aromatic rings. The number of carboxylic acids is 1. The van der Waals surface area contributed by atoms with Crippen LogP contribution < -0.4 is 0 Å². The number of esters is 2. The number of rotatable bonds is 75. The lowest BCUT2D eigenvalue weighted by molar-refractivity contribution is -0.870. The molecule has 2 unspecified atom stereocenters. The second kappa shape index (κ2) is 83.3. The summed E-state index contributed by atoms with van der Waals surface area (Å²) in [6.07, 6.45) is 128. The van der Waals surface area contributed by atoms with Gasteiger partial charge in [-0.05, 0) is 154 Å². The van der Waals surface area contributed by atoms with E-state index >= 15 is 0 Å². The molecule has 590 valence electrons. The molecule has 0 aliphatic rings. The Morgan fingerprint density at radius 3 is 0.762 bits per heavy atom. The number of allylic oxidation sites excluding steroid dienone is 36. The molecule has 0 amide bonds. The Morgan fingerprint density at radius 2 is 0.514 bits per heavy atom. The Hall–Kier alpha value is -6.39. The highest BCUT2D eigenvalue weighted by molar-refractivity contribution is 5.71. The van der Waals surface area contributed by atoms with Gasteiger partial charge in [0.15, 0.2) is 6.10 Å². The monoisotopic (exact) mass is 1450 g/mol. The largest absolute Gasteiger partial charge is 0.477 e. The van der Waals surface area contributed by atoms with Gasteiger partial charge in [-0.1, -0.05) is 361 Å². The molecular weight excluding hydrogens is 1300 g/mol. The summed E-state index contributed by atoms with van der Waals surface area (Å²) >= 11 is 0. The zero-order chi connectivity index (χ0) is 76.0. The summed E-state index contributed by atoms with van der Waals surface area (Å²) in [6, 6.07) is 0. The molecular formula is C96H154NO8+. The highest BCUT2D eigenvalue weighted by Gasteiger charge is 2.25. The summed E-state index contributed by atoms with van der Waals surface area (Å²) in [6.45, 7) is 4.64. The number of unbranched alkanes of at least 4 members (excludes halogenated alkanes) is 24. The quantitative estimate of drug-likeness (QED) is 0.0211. The Balaban J connectivity index is 4.10. The van der Waals surface area contributed by atoms with E-state index in [2.05, 4.69) is 233 Å². The number of carboxylic acid groups (broad SMARTS) is 1. The van der Waals surface area contributed by atoms with Gasteiger partial charge in [-0.3, -0.25) is 9.59 Å². The van der Waals surface area contributed by atoms with Gasteiger partial charge in [0.2, 0.25) is 0 Å². The van der Waals surface area contributed by atoms with Crippen LogP contribution in [0.4, 0.5) is 0 Å². The molecule has 0 saturated carbocycles. The van der Waals surface area contributed by atoms with Crippen LogP contribution >= 0.6 is 0 Å². The second-order valence-electron chi connectivity index (χ2n) is 28.3. The van der Waals surface area contributed by atoms with Crippen LogP contribution in [0.15, 0.2) is 219 Å². The normalized spacial score (nSPS) is 13.8. The van der Waals surface area contributed by atoms with Gasteiger partial charge in [0.05, 0.1) is 34.4 Å². The van der Waals surface area contributed by atoms with Crippen LogP contribution in [0, 0.1) is 0 Å². The first-order chi connectivity index (χ1) is 51.6. The molecule has 0 fully saturated rings. The first-order valence-corrected chi connectivity index (χ1v) is 41.9. The molecule has 105 heavy (non-hydrogen) atoms. The Kier molecular flexibility index (Phi) is 78.2. The first kappa shape index (κ1) is 98.6. The average Bonchev–Trinajstić information content (AvgIpc) is 1.18. The minimum atomic E-state index is -1.52. The van der Waals surface area contributed by atoms with Crippen LogP contribution in [0.5, 0.6) is 0 Å². The molecule has 0 saturated heterocycles. The topological polar surface area (TPSA) is 108 Å². The van der Waals surface area contributed by atoms with Gasteiger partial charge in [-0.2, -0.15) is 0 Å². The predicted molar refractivity (Wildman–Crippen MR) is 455 cm³/mol. The van der Waals surface area contributed by atoms with Crippen molar-refractivity contribution in [3.05, 3.63) is 219 Å². The number of carbonyl (C=O) groups excluding carboxylic acids is 2. The third kappa shape index (κ3) is 84.7. The van der Waals surface area contributed by atoms with Gasteiger partial charge in [0.25, 0.3) is 6.29 Å². The van der Waals surface area contributed by atoms with Crippen molar-refractivity contribution < 1.29 is 42.9 Å². The molecule has 0 rings (SSSR count). The smallest absolute Gasteiger partial charge is 0.361 e. The molecule has 0 radical (unpaired) electrons. The molecule has 2 atom stereocenters. The third-order valence-corrected chi connectivity index (χ3v) is 17.2. The van der Waals surface area contributed by atoms with Gasteiger partial charge in [-0.25, -0.2) is 4.79 Å². The van der Waals surface area contributed by atoms with Crippen LogP contribution in [0.2, 0.25) is 0 Å². The van der Waals surface area contributed by atoms with Crippen molar-refractivity contribution in [2.45, 2.75) is 322 Å². The fourth-order valence-corrected chi connectivity index (χ4v) is 10.9. The van der Waals surface area contributed by atoms with Gasteiger partial charge in [-0.15, -0.1) is 0 Å². The van der Waals surface area contributed by atoms with Gasteiger partial charge < -0.3 is 28.5 Å². The van der Waals surface area contributed by atoms with E-state index in [1.165, 1.54) is 116 Å². The Labute approximate surface area is 645 Å². The zero-order valence-electron chi connectivity index (χ0n) is 67.5. The van der Waals surface area contributed by atoms with Gasteiger partial charge >= 0.3 is 17.9 Å². The summed E-state index contributed by atoms with van der Waals surface area (Å²) in [5.41, 5.74) is 0. The number of nitrogens with zero attached hydrogens (tertiary/aromatic N) is 1. The standard InChI is InChI=1S/C96H153NO8/c1-6-8-10-12-14-16-18-20-22-24-26-28-30-32-34-36-38-40-42-44-46-47-49-51-53-55-57-59-61-63-65-67-69-71-73-75-77-79-81-83-85-87-94(99)105-92(91-104-96(95(100)101)102-89-88-97(3,4)5)90-103-93(98)86-84-82-80-78-76-74-72-70-68-66-64-62-60-58-56-54-52-50-48-45-43-41-39-37-35-33-31-29-27-25-23-21-19-17-15-13-11-9-7-2/h8-11,14-17,20-23,26-29,32-35,38-41,44-46,48-49,51-52,54-55,57-58,60,92,96H,6-7,12-13,18-19,24-25,30-31,36-37,42-43,47,50,53,56,59,61-91H2,1-5H3/p+1/b10-8-,11-9-,16-14-,17-15-,22-20-,23-21-,28-26-,29-27-,34-32-,35-33-,40-38-,41-39-,46-44-,48-45-,51-49-,54-52-,57-55-,60-58-. The Bertz CT molecular complexity index is 2550. The lowest BCUT2D eigenvalue weighted by atomic mass is 10.0. The second-order valence-corrected chi connectivity index (χ2v) is 28.3. The van der Waals surface area contributed by atoms with Gasteiger partial charge in [0.1, 0.15) is 13.2 Å². The molecule has 0 aromatic carbocycles. The molecule has 0 aliphatic carbocycles. The third-order valence-electron chi connectivity index (χ3n) is 17.2. The minimum Gasteiger partial charge on any atom is -0.477 e. The van der Waals surface area contributed by atoms with Crippen molar-refractivity contribution in [2.75, 3.05) is 47.5 Å². The summed E-state index contributed by atoms with van der Waals surface area (Å²) in [5, 5.41) is 9.79. The van der Waals surface area contributed by atoms with Crippen molar-refractivity contribution in [2.24, 2.45) is 0 Å². The Morgan fingerprint density at radius 1 is 0.286 bits per heavy atom. The van der Waals surface area contributed by atoms with Crippen molar-refractivity contribution in [3.63, 3.8) is 0 Å². The van der Waals surface area contributed by atoms with Crippen molar-refractivity contribution in [3.8, 4) is 0 Å². The van der Waals surface area contributed by atoms with Crippen molar-refractivity contribution in [1.82, 2.24) is 0 Å². The maximum absolute atomic E-state index is 13.0. The summed E-state index contributed by atoms with van der Waals surface area (Å²) in [7, 11) is 5.97. The maximum atomic E-state index is 13.0. The summed E-state index contributed by atoms with van der Waals surface area (Å²) in [4.78, 5) is 37.8. The summed E-state index contributed by atoms with van der Waals surface area (Å²) < 4.78 is 23.0. The molecule has 0 aromatic heterocycles. The molecule has 1 N–H and O–H groups in total. The van der Waals surface area contributed by atoms with E-state index in [9.17, 15) is 19.5 Å². The van der Waals surface area contributed by atoms with E-state index < -0.39 is 24.3 Å². The molecule has 0 heterocycles. The number of hydrogen-bond donors (Lipinski definition) is 1. The van der Waals surface area contributed by atoms with E-state index in [1.54, 1.807) is 0 Å². The van der Waals surface area contributed by atoms with Gasteiger partial charge in [0, 0.05) is 12.8 Å². The highest BCUT2D eigenvalue weighted by Crippen LogP contribution is 2.17. The van der Waals surface area contributed by atoms with Crippen molar-refractivity contribution in [1.29, 1.82) is 0 Å². The number of aliphatic carboxylic acids is 1. The lowest BCUT2D eigenvalue weighted by Gasteiger charge is -2.25. The SMILES string of the molecule is CC/C=C\C/C=C\C/C=C\C/C=C\C/C=C\C/C=C\C/C=C\C/C=C\C/C=C\CCCCCCCCCCCCCCCC(=O)OC(COC(=O)CCCCCCCCCCCCC/C=C\C/C=C\C/C=C\C/C=C\C/C=C\C/C=C\C/C=C\C/C=C\C/C=C\CC)COC(OCC[N+](C)(C)C)C(=O)O. The average molecular weight is 1450 g/mol. The first-order valence-electron chi connectivity index (χ1n) is 41.9. The van der Waals surface area contributed by atoms with E-state index in [-0.39, 0.29) is 38.6 Å². The molecule has 0 spiro atoms. The van der Waals surface area contributed by atoms with Crippen LogP contribution in [0.1, 0.15) is 309 Å². The molecule has 9 nitrogen and oxygen atoms in total. The minimum absolute atomic E-state index is 0.178. The number of ether oxygens (including phenoxy) is 4.